The summed E-state index contributed by atoms with van der Waals surface area (Å²) in [6.45, 7) is 2.55. The van der Waals surface area contributed by atoms with Crippen LogP contribution in [0.4, 0.5) is 0 Å². The van der Waals surface area contributed by atoms with Crippen LogP contribution in [0.5, 0.6) is 0 Å². The van der Waals surface area contributed by atoms with Gasteiger partial charge in [-0.05, 0) is 62.4 Å². The zero-order chi connectivity index (χ0) is 18.4. The van der Waals surface area contributed by atoms with E-state index in [1.807, 2.05) is 31.2 Å². The van der Waals surface area contributed by atoms with Gasteiger partial charge in [-0.3, -0.25) is 4.79 Å². The predicted octanol–water partition coefficient (Wildman–Crippen LogP) is 4.72. The first-order valence-electron chi connectivity index (χ1n) is 9.12. The van der Waals surface area contributed by atoms with Crippen molar-refractivity contribution in [1.29, 1.82) is 0 Å². The van der Waals surface area contributed by atoms with Crippen molar-refractivity contribution < 1.29 is 4.42 Å². The number of nitrogens with two attached hydrogens (primary N) is 1. The summed E-state index contributed by atoms with van der Waals surface area (Å²) < 4.78 is 5.93. The Bertz CT molecular complexity index is 916. The third-order valence-corrected chi connectivity index (χ3v) is 5.67. The normalized spacial score (nSPS) is 11.2. The van der Waals surface area contributed by atoms with E-state index in [2.05, 4.69) is 24.3 Å². The summed E-state index contributed by atoms with van der Waals surface area (Å²) in [5.74, 6) is 0.952. The maximum absolute atomic E-state index is 12.4. The van der Waals surface area contributed by atoms with Crippen LogP contribution in [-0.4, -0.2) is 12.3 Å². The van der Waals surface area contributed by atoms with Crippen molar-refractivity contribution in [3.63, 3.8) is 0 Å². The summed E-state index contributed by atoms with van der Waals surface area (Å²) in [6, 6.07) is 16.2. The van der Waals surface area contributed by atoms with Crippen LogP contribution >= 0.6 is 11.8 Å². The molecule has 0 unspecified atom stereocenters. The molecular formula is C22H25NO2S. The minimum atomic E-state index is 0.0759. The van der Waals surface area contributed by atoms with Crippen LogP contribution in [0.1, 0.15) is 29.5 Å². The molecule has 0 amide bonds. The van der Waals surface area contributed by atoms with Gasteiger partial charge in [0.25, 0.3) is 0 Å². The predicted molar refractivity (Wildman–Crippen MR) is 110 cm³/mol. The Morgan fingerprint density at radius 1 is 0.962 bits per heavy atom. The first-order chi connectivity index (χ1) is 12.7. The number of rotatable bonds is 8. The van der Waals surface area contributed by atoms with Crippen LogP contribution in [-0.2, 0) is 12.8 Å². The Morgan fingerprint density at radius 2 is 1.65 bits per heavy atom. The lowest BCUT2D eigenvalue weighted by atomic mass is 10.1. The fraction of sp³-hybridized carbons (Fsp3) is 0.318. The molecule has 0 aliphatic heterocycles. The molecule has 0 bridgehead atoms. The number of fused-ring (bicyclic) bond motifs is 1. The Labute approximate surface area is 158 Å². The maximum atomic E-state index is 12.4. The molecule has 136 valence electrons. The van der Waals surface area contributed by atoms with E-state index in [-0.39, 0.29) is 5.43 Å². The summed E-state index contributed by atoms with van der Waals surface area (Å²) >= 11 is 1.64. The molecule has 0 spiro atoms. The Kier molecular flexibility index (Phi) is 6.53. The van der Waals surface area contributed by atoms with E-state index in [1.165, 1.54) is 11.1 Å². The average molecular weight is 368 g/mol. The molecule has 26 heavy (non-hydrogen) atoms. The number of para-hydroxylation sites is 1. The Balaban J connectivity index is 1.51. The highest BCUT2D eigenvalue weighted by Crippen LogP contribution is 2.25. The highest BCUT2D eigenvalue weighted by Gasteiger charge is 2.10. The number of thioether (sulfide) groups is 1. The number of aryl methyl sites for hydroxylation is 1. The largest absolute Gasteiger partial charge is 0.449 e. The minimum absolute atomic E-state index is 0.0759. The van der Waals surface area contributed by atoms with Gasteiger partial charge in [-0.1, -0.05) is 48.2 Å². The molecule has 0 aliphatic rings. The Hall–Kier alpha value is -2.04. The lowest BCUT2D eigenvalue weighted by Crippen LogP contribution is -2.06. The zero-order valence-electron chi connectivity index (χ0n) is 15.2. The molecule has 1 heterocycles. The van der Waals surface area contributed by atoms with E-state index < -0.39 is 0 Å². The second kappa shape index (κ2) is 9.06. The summed E-state index contributed by atoms with van der Waals surface area (Å²) in [4.78, 5) is 12.4. The van der Waals surface area contributed by atoms with Crippen molar-refractivity contribution in [3.8, 4) is 0 Å². The van der Waals surface area contributed by atoms with Crippen molar-refractivity contribution in [2.45, 2.75) is 37.7 Å². The molecule has 2 aromatic carbocycles. The molecule has 0 fully saturated rings. The summed E-state index contributed by atoms with van der Waals surface area (Å²) in [7, 11) is 0. The van der Waals surface area contributed by atoms with Crippen molar-refractivity contribution >= 4 is 22.7 Å². The van der Waals surface area contributed by atoms with Crippen LogP contribution in [0, 0.1) is 6.92 Å². The van der Waals surface area contributed by atoms with Crippen molar-refractivity contribution in [2.24, 2.45) is 5.73 Å². The first kappa shape index (κ1) is 18.7. The minimum Gasteiger partial charge on any atom is -0.449 e. The van der Waals surface area contributed by atoms with Crippen molar-refractivity contribution in [1.82, 2.24) is 0 Å². The molecule has 0 saturated carbocycles. The number of hydrogen-bond acceptors (Lipinski definition) is 4. The Morgan fingerprint density at radius 3 is 2.38 bits per heavy atom. The molecule has 3 aromatic rings. The highest BCUT2D eigenvalue weighted by molar-refractivity contribution is 7.99. The van der Waals surface area contributed by atoms with Gasteiger partial charge in [-0.25, -0.2) is 0 Å². The van der Waals surface area contributed by atoms with Gasteiger partial charge in [-0.2, -0.15) is 0 Å². The van der Waals surface area contributed by atoms with Crippen molar-refractivity contribution in [2.75, 3.05) is 12.3 Å². The van der Waals surface area contributed by atoms with Gasteiger partial charge in [0.05, 0.1) is 5.39 Å². The van der Waals surface area contributed by atoms with E-state index in [4.69, 9.17) is 10.2 Å². The van der Waals surface area contributed by atoms with E-state index in [0.29, 0.717) is 23.1 Å². The van der Waals surface area contributed by atoms with E-state index >= 15 is 0 Å². The van der Waals surface area contributed by atoms with E-state index in [0.717, 1.165) is 36.5 Å². The SMILES string of the molecule is Cc1c(SCCCCc2ccc(CCN)cc2)oc2ccccc2c1=O. The summed E-state index contributed by atoms with van der Waals surface area (Å²) in [5.41, 5.74) is 9.70. The number of unbranched alkanes of at least 4 members (excludes halogenated alkanes) is 1. The van der Waals surface area contributed by atoms with Crippen LogP contribution in [0.15, 0.2) is 62.8 Å². The number of benzene rings is 2. The second-order valence-corrected chi connectivity index (χ2v) is 7.57. The molecule has 0 aliphatic carbocycles. The zero-order valence-corrected chi connectivity index (χ0v) is 16.0. The number of hydrogen-bond donors (Lipinski definition) is 1. The molecule has 0 saturated heterocycles. The van der Waals surface area contributed by atoms with Crippen molar-refractivity contribution in [3.05, 3.63) is 75.4 Å². The maximum Gasteiger partial charge on any atom is 0.196 e. The fourth-order valence-corrected chi connectivity index (χ4v) is 3.98. The van der Waals surface area contributed by atoms with E-state index in [1.54, 1.807) is 11.8 Å². The van der Waals surface area contributed by atoms with Crippen LogP contribution < -0.4 is 11.2 Å². The molecule has 0 atom stereocenters. The van der Waals surface area contributed by atoms with Crippen LogP contribution in [0.3, 0.4) is 0 Å². The molecule has 0 radical (unpaired) electrons. The molecule has 3 nitrogen and oxygen atoms in total. The standard InChI is InChI=1S/C22H25NO2S/c1-16-21(24)19-7-2-3-8-20(19)25-22(16)26-15-5-4-6-17-9-11-18(12-10-17)13-14-23/h2-3,7-12H,4-6,13-15,23H2,1H3. The third kappa shape index (κ3) is 4.57. The molecule has 2 N–H and O–H groups in total. The quantitative estimate of drug-likeness (QED) is 0.462. The van der Waals surface area contributed by atoms with Crippen LogP contribution in [0.2, 0.25) is 0 Å². The lowest BCUT2D eigenvalue weighted by Gasteiger charge is -2.07. The van der Waals surface area contributed by atoms with Gasteiger partial charge >= 0.3 is 0 Å². The average Bonchev–Trinajstić information content (AvgIpc) is 2.67. The molecule has 3 rings (SSSR count). The smallest absolute Gasteiger partial charge is 0.196 e. The van der Waals surface area contributed by atoms with Gasteiger partial charge in [0.15, 0.2) is 10.5 Å². The summed E-state index contributed by atoms with van der Waals surface area (Å²) in [6.07, 6.45) is 4.22. The van der Waals surface area contributed by atoms with Gasteiger partial charge < -0.3 is 10.2 Å². The van der Waals surface area contributed by atoms with Gasteiger partial charge in [0, 0.05) is 11.3 Å². The molecule has 4 heteroatoms. The third-order valence-electron chi connectivity index (χ3n) is 4.53. The summed E-state index contributed by atoms with van der Waals surface area (Å²) in [5, 5.41) is 1.41. The monoisotopic (exact) mass is 367 g/mol. The molecular weight excluding hydrogens is 342 g/mol. The highest BCUT2D eigenvalue weighted by atomic mass is 32.2. The topological polar surface area (TPSA) is 56.2 Å². The molecule has 1 aromatic heterocycles. The van der Waals surface area contributed by atoms with Gasteiger partial charge in [0.1, 0.15) is 5.58 Å². The second-order valence-electron chi connectivity index (χ2n) is 6.50. The first-order valence-corrected chi connectivity index (χ1v) is 10.1. The van der Waals surface area contributed by atoms with Gasteiger partial charge in [0.2, 0.25) is 0 Å². The van der Waals surface area contributed by atoms with Gasteiger partial charge in [-0.15, -0.1) is 0 Å². The fourth-order valence-electron chi connectivity index (χ4n) is 2.99. The lowest BCUT2D eigenvalue weighted by molar-refractivity contribution is 0.492. The van der Waals surface area contributed by atoms with E-state index in [9.17, 15) is 4.79 Å². The van der Waals surface area contributed by atoms with Crippen LogP contribution in [0.25, 0.3) is 11.0 Å².